The molecule has 0 saturated carbocycles. The lowest BCUT2D eigenvalue weighted by Gasteiger charge is -2.08. The van der Waals surface area contributed by atoms with E-state index in [9.17, 15) is 10.1 Å². The minimum Gasteiger partial charge on any atom is -0.488 e. The van der Waals surface area contributed by atoms with Gasteiger partial charge in [0.2, 0.25) is 0 Å². The van der Waals surface area contributed by atoms with Crippen LogP contribution in [0.5, 0.6) is 5.75 Å². The Morgan fingerprint density at radius 2 is 2.15 bits per heavy atom. The van der Waals surface area contributed by atoms with Crippen molar-refractivity contribution < 1.29 is 9.53 Å². The van der Waals surface area contributed by atoms with E-state index in [-0.39, 0.29) is 5.57 Å². The first kappa shape index (κ1) is 20.0. The number of nitrogens with zero attached hydrogens (tertiary/aromatic N) is 1. The standard InChI is InChI=1S/C20H16ClIN2O2/c1-3-8-26-19-7-5-14(10-18(19)22)9-15(12-23)20(25)24-16-6-4-13(2)17(21)11-16/h3-7,9-11H,1,8H2,2H3,(H,24,25)/b15-9-. The lowest BCUT2D eigenvalue weighted by molar-refractivity contribution is -0.112. The van der Waals surface area contributed by atoms with Gasteiger partial charge in [0.25, 0.3) is 5.91 Å². The molecule has 1 N–H and O–H groups in total. The van der Waals surface area contributed by atoms with Crippen LogP contribution in [-0.2, 0) is 4.79 Å². The highest BCUT2D eigenvalue weighted by Gasteiger charge is 2.11. The molecule has 0 aliphatic carbocycles. The summed E-state index contributed by atoms with van der Waals surface area (Å²) in [5.41, 5.74) is 2.18. The number of halogens is 2. The van der Waals surface area contributed by atoms with Crippen LogP contribution >= 0.6 is 34.2 Å². The summed E-state index contributed by atoms with van der Waals surface area (Å²) in [5.74, 6) is 0.231. The fraction of sp³-hybridized carbons (Fsp3) is 0.100. The Morgan fingerprint density at radius 1 is 1.38 bits per heavy atom. The van der Waals surface area contributed by atoms with Crippen LogP contribution in [0.4, 0.5) is 5.69 Å². The predicted molar refractivity (Wildman–Crippen MR) is 113 cm³/mol. The molecule has 1 amide bonds. The second kappa shape index (κ2) is 9.41. The smallest absolute Gasteiger partial charge is 0.266 e. The van der Waals surface area contributed by atoms with Gasteiger partial charge in [-0.05, 0) is 71.0 Å². The molecule has 0 aliphatic rings. The van der Waals surface area contributed by atoms with Gasteiger partial charge < -0.3 is 10.1 Å². The van der Waals surface area contributed by atoms with Gasteiger partial charge in [0, 0.05) is 10.7 Å². The zero-order valence-corrected chi connectivity index (χ0v) is 17.0. The van der Waals surface area contributed by atoms with E-state index in [1.807, 2.05) is 19.1 Å². The number of nitriles is 1. The van der Waals surface area contributed by atoms with Gasteiger partial charge in [-0.15, -0.1) is 0 Å². The van der Waals surface area contributed by atoms with E-state index in [1.165, 1.54) is 6.08 Å². The molecule has 2 rings (SSSR count). The molecule has 26 heavy (non-hydrogen) atoms. The number of hydrogen-bond acceptors (Lipinski definition) is 3. The van der Waals surface area contributed by atoms with Crippen molar-refractivity contribution in [2.75, 3.05) is 11.9 Å². The maximum Gasteiger partial charge on any atom is 0.266 e. The summed E-state index contributed by atoms with van der Waals surface area (Å²) in [4.78, 5) is 12.4. The summed E-state index contributed by atoms with van der Waals surface area (Å²) in [6.07, 6.45) is 3.20. The van der Waals surface area contributed by atoms with Crippen molar-refractivity contribution in [3.05, 3.63) is 74.3 Å². The number of ether oxygens (including phenoxy) is 1. The van der Waals surface area contributed by atoms with Crippen LogP contribution in [0.25, 0.3) is 6.08 Å². The molecule has 0 bridgehead atoms. The Bertz CT molecular complexity index is 917. The van der Waals surface area contributed by atoms with E-state index in [1.54, 1.807) is 36.4 Å². The van der Waals surface area contributed by atoms with Crippen LogP contribution in [0.2, 0.25) is 5.02 Å². The third kappa shape index (κ3) is 5.35. The maximum absolute atomic E-state index is 12.4. The third-order valence-electron chi connectivity index (χ3n) is 3.42. The van der Waals surface area contributed by atoms with Crippen LogP contribution < -0.4 is 10.1 Å². The minimum absolute atomic E-state index is 0.00254. The molecule has 0 aromatic heterocycles. The Hall–Kier alpha value is -2.30. The predicted octanol–water partition coefficient (Wildman–Crippen LogP) is 5.36. The van der Waals surface area contributed by atoms with Crippen LogP contribution in [-0.4, -0.2) is 12.5 Å². The molecule has 132 valence electrons. The van der Waals surface area contributed by atoms with Gasteiger partial charge in [-0.2, -0.15) is 5.26 Å². The first-order valence-electron chi connectivity index (χ1n) is 7.67. The molecule has 0 spiro atoms. The van der Waals surface area contributed by atoms with Crippen molar-refractivity contribution in [3.63, 3.8) is 0 Å². The van der Waals surface area contributed by atoms with E-state index in [4.69, 9.17) is 16.3 Å². The molecule has 0 saturated heterocycles. The lowest BCUT2D eigenvalue weighted by Crippen LogP contribution is -2.13. The number of carbonyl (C=O) groups is 1. The molecule has 4 nitrogen and oxygen atoms in total. The number of benzene rings is 2. The van der Waals surface area contributed by atoms with Crippen molar-refractivity contribution in [1.29, 1.82) is 5.26 Å². The molecule has 0 aliphatic heterocycles. The van der Waals surface area contributed by atoms with Crippen molar-refractivity contribution in [2.45, 2.75) is 6.92 Å². The number of anilines is 1. The highest BCUT2D eigenvalue weighted by atomic mass is 127. The number of nitrogens with one attached hydrogen (secondary N) is 1. The van der Waals surface area contributed by atoms with Gasteiger partial charge in [-0.1, -0.05) is 36.4 Å². The van der Waals surface area contributed by atoms with Gasteiger partial charge in [-0.3, -0.25) is 4.79 Å². The summed E-state index contributed by atoms with van der Waals surface area (Å²) in [6.45, 7) is 5.90. The van der Waals surface area contributed by atoms with Gasteiger partial charge >= 0.3 is 0 Å². The fourth-order valence-corrected chi connectivity index (χ4v) is 2.93. The second-order valence-corrected chi connectivity index (χ2v) is 6.95. The zero-order chi connectivity index (χ0) is 19.1. The van der Waals surface area contributed by atoms with E-state index in [2.05, 4.69) is 34.5 Å². The SMILES string of the molecule is C=CCOc1ccc(/C=C(/C#N)C(=O)Nc2ccc(C)c(Cl)c2)cc1I. The van der Waals surface area contributed by atoms with Crippen molar-refractivity contribution in [1.82, 2.24) is 0 Å². The lowest BCUT2D eigenvalue weighted by atomic mass is 10.1. The van der Waals surface area contributed by atoms with Crippen molar-refractivity contribution in [2.24, 2.45) is 0 Å². The molecule has 0 heterocycles. The summed E-state index contributed by atoms with van der Waals surface area (Å²) in [7, 11) is 0. The summed E-state index contributed by atoms with van der Waals surface area (Å²) >= 11 is 8.20. The molecule has 0 atom stereocenters. The average molecular weight is 479 g/mol. The van der Waals surface area contributed by atoms with Gasteiger partial charge in [0.1, 0.15) is 24.0 Å². The molecule has 2 aromatic rings. The van der Waals surface area contributed by atoms with E-state index < -0.39 is 5.91 Å². The zero-order valence-electron chi connectivity index (χ0n) is 14.1. The molecule has 6 heteroatoms. The van der Waals surface area contributed by atoms with Gasteiger partial charge in [0.05, 0.1) is 3.57 Å². The largest absolute Gasteiger partial charge is 0.488 e. The average Bonchev–Trinajstić information content (AvgIpc) is 2.62. The minimum atomic E-state index is -0.491. The van der Waals surface area contributed by atoms with Crippen LogP contribution in [0.15, 0.2) is 54.6 Å². The highest BCUT2D eigenvalue weighted by molar-refractivity contribution is 14.1. The first-order chi connectivity index (χ1) is 12.4. The molecular formula is C20H16ClIN2O2. The van der Waals surface area contributed by atoms with E-state index in [0.717, 1.165) is 20.4 Å². The third-order valence-corrected chi connectivity index (χ3v) is 4.67. The number of hydrogen-bond donors (Lipinski definition) is 1. The molecule has 0 unspecified atom stereocenters. The normalized spacial score (nSPS) is 10.8. The second-order valence-electron chi connectivity index (χ2n) is 5.38. The maximum atomic E-state index is 12.4. The Labute approximate surface area is 171 Å². The van der Waals surface area contributed by atoms with Crippen molar-refractivity contribution in [3.8, 4) is 11.8 Å². The van der Waals surface area contributed by atoms with Gasteiger partial charge in [0.15, 0.2) is 0 Å². The summed E-state index contributed by atoms with van der Waals surface area (Å²) < 4.78 is 6.39. The molecule has 0 radical (unpaired) electrons. The Morgan fingerprint density at radius 3 is 2.77 bits per heavy atom. The molecule has 2 aromatic carbocycles. The van der Waals surface area contributed by atoms with Crippen LogP contribution in [0.1, 0.15) is 11.1 Å². The topological polar surface area (TPSA) is 62.1 Å². The number of aryl methyl sites for hydroxylation is 1. The Balaban J connectivity index is 2.19. The van der Waals surface area contributed by atoms with E-state index >= 15 is 0 Å². The van der Waals surface area contributed by atoms with Gasteiger partial charge in [-0.25, -0.2) is 0 Å². The van der Waals surface area contributed by atoms with Crippen LogP contribution in [0.3, 0.4) is 0 Å². The molecule has 0 fully saturated rings. The van der Waals surface area contributed by atoms with Crippen LogP contribution in [0, 0.1) is 21.8 Å². The number of amides is 1. The quantitative estimate of drug-likeness (QED) is 0.263. The molecular weight excluding hydrogens is 463 g/mol. The highest BCUT2D eigenvalue weighted by Crippen LogP contribution is 2.24. The van der Waals surface area contributed by atoms with Crippen molar-refractivity contribution >= 4 is 51.9 Å². The number of carbonyl (C=O) groups excluding carboxylic acids is 1. The first-order valence-corrected chi connectivity index (χ1v) is 9.13. The van der Waals surface area contributed by atoms with E-state index in [0.29, 0.717) is 17.3 Å². The Kier molecular flexibility index (Phi) is 7.25. The number of rotatable bonds is 6. The summed E-state index contributed by atoms with van der Waals surface area (Å²) in [5, 5.41) is 12.6. The summed E-state index contributed by atoms with van der Waals surface area (Å²) in [6, 6.07) is 12.5. The monoisotopic (exact) mass is 478 g/mol. The fourth-order valence-electron chi connectivity index (χ4n) is 2.06.